The molecule has 0 spiro atoms. The number of rotatable bonds is 9. The van der Waals surface area contributed by atoms with Crippen LogP contribution in [-0.2, 0) is 0 Å². The summed E-state index contributed by atoms with van der Waals surface area (Å²) in [5.41, 5.74) is 7.22. The maximum atomic E-state index is 5.93. The summed E-state index contributed by atoms with van der Waals surface area (Å²) in [6.07, 6.45) is 10.6. The Hall–Kier alpha value is -0.770. The van der Waals surface area contributed by atoms with Gasteiger partial charge in [-0.25, -0.2) is 0 Å². The van der Waals surface area contributed by atoms with E-state index in [-0.39, 0.29) is 0 Å². The van der Waals surface area contributed by atoms with E-state index in [9.17, 15) is 0 Å². The molecule has 3 nitrogen and oxygen atoms in total. The third-order valence-corrected chi connectivity index (χ3v) is 4.39. The third-order valence-electron chi connectivity index (χ3n) is 3.56. The molecule has 0 amide bonds. The van der Waals surface area contributed by atoms with Gasteiger partial charge in [0.15, 0.2) is 0 Å². The maximum Gasteiger partial charge on any atom is 0.142 e. The lowest BCUT2D eigenvalue weighted by atomic mass is 10.1. The summed E-state index contributed by atoms with van der Waals surface area (Å²) in [5.74, 6) is 1.45. The molecular weight excluding hydrogens is 242 g/mol. The van der Waals surface area contributed by atoms with Gasteiger partial charge in [0.1, 0.15) is 10.8 Å². The number of nitrogens with one attached hydrogen (secondary N) is 1. The minimum Gasteiger partial charge on any atom is -0.383 e. The zero-order valence-corrected chi connectivity index (χ0v) is 12.2. The summed E-state index contributed by atoms with van der Waals surface area (Å²) >= 11 is 1.53. The van der Waals surface area contributed by atoms with Gasteiger partial charge in [-0.15, -0.1) is 0 Å². The second-order valence-corrected chi connectivity index (χ2v) is 6.05. The monoisotopic (exact) mass is 267 g/mol. The number of anilines is 2. The topological polar surface area (TPSA) is 50.9 Å². The lowest BCUT2D eigenvalue weighted by Gasteiger charge is -2.06. The molecule has 1 aromatic rings. The van der Waals surface area contributed by atoms with Gasteiger partial charge in [0.25, 0.3) is 0 Å². The van der Waals surface area contributed by atoms with Gasteiger partial charge in [0.05, 0.1) is 0 Å². The highest BCUT2D eigenvalue weighted by atomic mass is 32.1. The van der Waals surface area contributed by atoms with Crippen molar-refractivity contribution in [3.8, 4) is 0 Å². The van der Waals surface area contributed by atoms with Gasteiger partial charge < -0.3 is 11.1 Å². The quantitative estimate of drug-likeness (QED) is 0.653. The van der Waals surface area contributed by atoms with E-state index in [1.54, 1.807) is 0 Å². The molecule has 1 heterocycles. The Kier molecular flexibility index (Phi) is 5.29. The first-order valence-corrected chi connectivity index (χ1v) is 8.09. The van der Waals surface area contributed by atoms with Crippen molar-refractivity contribution < 1.29 is 0 Å². The van der Waals surface area contributed by atoms with E-state index in [1.807, 2.05) is 0 Å². The lowest BCUT2D eigenvalue weighted by molar-refractivity contribution is 0.617. The van der Waals surface area contributed by atoms with Gasteiger partial charge in [-0.2, -0.15) is 4.37 Å². The van der Waals surface area contributed by atoms with E-state index in [4.69, 9.17) is 5.73 Å². The summed E-state index contributed by atoms with van der Waals surface area (Å²) < 4.78 is 4.27. The average molecular weight is 267 g/mol. The fourth-order valence-electron chi connectivity index (χ4n) is 2.31. The Bertz CT molecular complexity index is 358. The molecule has 0 bridgehead atoms. The molecule has 1 saturated carbocycles. The van der Waals surface area contributed by atoms with E-state index >= 15 is 0 Å². The molecule has 1 aromatic heterocycles. The highest BCUT2D eigenvalue weighted by Crippen LogP contribution is 2.47. The van der Waals surface area contributed by atoms with Crippen LogP contribution in [0.15, 0.2) is 0 Å². The van der Waals surface area contributed by atoms with Crippen LogP contribution in [0.4, 0.5) is 10.8 Å². The summed E-state index contributed by atoms with van der Waals surface area (Å²) in [7, 11) is 0. The zero-order chi connectivity index (χ0) is 12.8. The van der Waals surface area contributed by atoms with Crippen LogP contribution in [0, 0.1) is 0 Å². The predicted octanol–water partition coefficient (Wildman–Crippen LogP) is 4.38. The van der Waals surface area contributed by atoms with Gasteiger partial charge in [0, 0.05) is 12.1 Å². The Balaban J connectivity index is 1.64. The molecular formula is C14H25N3S. The van der Waals surface area contributed by atoms with Crippen LogP contribution >= 0.6 is 11.5 Å². The molecule has 0 atom stereocenters. The van der Waals surface area contributed by atoms with Crippen molar-refractivity contribution in [3.05, 3.63) is 5.56 Å². The van der Waals surface area contributed by atoms with E-state index < -0.39 is 0 Å². The normalized spacial score (nSPS) is 14.9. The molecule has 0 saturated heterocycles. The highest BCUT2D eigenvalue weighted by molar-refractivity contribution is 7.10. The molecule has 102 valence electrons. The number of unbranched alkanes of at least 4 members (excludes halogenated alkanes) is 5. The van der Waals surface area contributed by atoms with Gasteiger partial charge >= 0.3 is 0 Å². The van der Waals surface area contributed by atoms with Crippen LogP contribution in [0.3, 0.4) is 0 Å². The van der Waals surface area contributed by atoms with Crippen molar-refractivity contribution in [1.82, 2.24) is 4.37 Å². The molecule has 2 rings (SSSR count). The minimum absolute atomic E-state index is 0.691. The summed E-state index contributed by atoms with van der Waals surface area (Å²) in [5, 5.41) is 4.75. The van der Waals surface area contributed by atoms with Gasteiger partial charge in [-0.1, -0.05) is 39.0 Å². The summed E-state index contributed by atoms with van der Waals surface area (Å²) in [6.45, 7) is 3.32. The van der Waals surface area contributed by atoms with Crippen LogP contribution in [0.2, 0.25) is 0 Å². The van der Waals surface area contributed by atoms with Gasteiger partial charge in [0.2, 0.25) is 0 Å². The largest absolute Gasteiger partial charge is 0.383 e. The standard InChI is InChI=1S/C14H25N3S/c1-2-3-4-5-6-7-10-16-14-12(11-8-9-11)13(15)17-18-14/h11,16H,2-10H2,1H3,(H2,15,17). The van der Waals surface area contributed by atoms with Crippen molar-refractivity contribution >= 4 is 22.4 Å². The highest BCUT2D eigenvalue weighted by Gasteiger charge is 2.30. The molecule has 1 aliphatic rings. The van der Waals surface area contributed by atoms with E-state index in [1.165, 1.54) is 73.5 Å². The van der Waals surface area contributed by atoms with E-state index in [0.29, 0.717) is 5.92 Å². The second kappa shape index (κ2) is 6.98. The zero-order valence-electron chi connectivity index (χ0n) is 11.4. The molecule has 4 heteroatoms. The van der Waals surface area contributed by atoms with Crippen molar-refractivity contribution in [2.75, 3.05) is 17.6 Å². The molecule has 1 aliphatic carbocycles. The molecule has 0 aliphatic heterocycles. The van der Waals surface area contributed by atoms with Gasteiger partial charge in [-0.3, -0.25) is 0 Å². The third kappa shape index (κ3) is 3.87. The Labute approximate surface area is 114 Å². The minimum atomic E-state index is 0.691. The first kappa shape index (κ1) is 13.7. The van der Waals surface area contributed by atoms with E-state index in [0.717, 1.165) is 12.4 Å². The van der Waals surface area contributed by atoms with Crippen molar-refractivity contribution in [3.63, 3.8) is 0 Å². The fraction of sp³-hybridized carbons (Fsp3) is 0.786. The Morgan fingerprint density at radius 1 is 1.22 bits per heavy atom. The Morgan fingerprint density at radius 2 is 1.94 bits per heavy atom. The molecule has 18 heavy (non-hydrogen) atoms. The number of aromatic nitrogens is 1. The first-order valence-electron chi connectivity index (χ1n) is 7.31. The molecule has 1 fully saturated rings. The number of nitrogens with two attached hydrogens (primary N) is 1. The lowest BCUT2D eigenvalue weighted by Crippen LogP contribution is -2.02. The van der Waals surface area contributed by atoms with Crippen LogP contribution in [0.25, 0.3) is 0 Å². The van der Waals surface area contributed by atoms with Gasteiger partial charge in [-0.05, 0) is 36.7 Å². The first-order chi connectivity index (χ1) is 8.83. The molecule has 3 N–H and O–H groups in total. The molecule has 0 aromatic carbocycles. The second-order valence-electron chi connectivity index (χ2n) is 5.28. The SMILES string of the molecule is CCCCCCCCNc1snc(N)c1C1CC1. The number of hydrogen-bond acceptors (Lipinski definition) is 4. The average Bonchev–Trinajstić information content (AvgIpc) is 3.13. The van der Waals surface area contributed by atoms with Crippen LogP contribution in [0.1, 0.15) is 69.8 Å². The Morgan fingerprint density at radius 3 is 2.67 bits per heavy atom. The predicted molar refractivity (Wildman–Crippen MR) is 80.4 cm³/mol. The molecule has 0 radical (unpaired) electrons. The fourth-order valence-corrected chi connectivity index (χ4v) is 3.13. The number of nitrogens with zero attached hydrogens (tertiary/aromatic N) is 1. The smallest absolute Gasteiger partial charge is 0.142 e. The van der Waals surface area contributed by atoms with Crippen molar-refractivity contribution in [2.45, 2.75) is 64.2 Å². The summed E-state index contributed by atoms with van der Waals surface area (Å²) in [6, 6.07) is 0. The van der Waals surface area contributed by atoms with Crippen LogP contribution < -0.4 is 11.1 Å². The summed E-state index contributed by atoms with van der Waals surface area (Å²) in [4.78, 5) is 0. The van der Waals surface area contributed by atoms with Crippen molar-refractivity contribution in [1.29, 1.82) is 0 Å². The number of nitrogen functional groups attached to an aromatic ring is 1. The van der Waals surface area contributed by atoms with Crippen LogP contribution in [-0.4, -0.2) is 10.9 Å². The van der Waals surface area contributed by atoms with E-state index in [2.05, 4.69) is 16.6 Å². The van der Waals surface area contributed by atoms with Crippen LogP contribution in [0.5, 0.6) is 0 Å². The maximum absolute atomic E-state index is 5.93. The van der Waals surface area contributed by atoms with Crippen molar-refractivity contribution in [2.24, 2.45) is 0 Å². The molecule has 0 unspecified atom stereocenters. The number of hydrogen-bond donors (Lipinski definition) is 2.